The van der Waals surface area contributed by atoms with Crippen molar-refractivity contribution in [3.8, 4) is 0 Å². The number of hydrogen-bond donors (Lipinski definition) is 3. The number of hydrogen-bond acceptors (Lipinski definition) is 5. The van der Waals surface area contributed by atoms with Crippen LogP contribution in [0.1, 0.15) is 31.3 Å². The molecule has 0 aromatic carbocycles. The number of aliphatic hydroxyl groups excluding tert-OH is 1. The zero-order valence-electron chi connectivity index (χ0n) is 12.2. The van der Waals surface area contributed by atoms with Gasteiger partial charge in [-0.25, -0.2) is 4.98 Å². The fourth-order valence-corrected chi connectivity index (χ4v) is 2.69. The number of H-pyrrole nitrogens is 1. The number of aromatic amines is 1. The Morgan fingerprint density at radius 3 is 2.81 bits per heavy atom. The quantitative estimate of drug-likeness (QED) is 0.670. The molecule has 1 atom stereocenters. The molecule has 1 aromatic heterocycles. The van der Waals surface area contributed by atoms with E-state index in [1.807, 2.05) is 6.92 Å². The van der Waals surface area contributed by atoms with Crippen molar-refractivity contribution in [2.24, 2.45) is 11.7 Å². The molecule has 0 aliphatic carbocycles. The molecule has 1 saturated heterocycles. The number of carbonyl (C=O) groups is 1. The van der Waals surface area contributed by atoms with Gasteiger partial charge in [0.15, 0.2) is 0 Å². The Kier molecular flexibility index (Phi) is 5.08. The average molecular weight is 294 g/mol. The van der Waals surface area contributed by atoms with E-state index < -0.39 is 12.0 Å². The van der Waals surface area contributed by atoms with Crippen LogP contribution in [0.2, 0.25) is 0 Å². The van der Waals surface area contributed by atoms with Gasteiger partial charge < -0.3 is 15.8 Å². The number of piperidine rings is 1. The lowest BCUT2D eigenvalue weighted by atomic mass is 9.91. The number of carbonyl (C=O) groups excluding carboxylic acids is 1. The predicted molar refractivity (Wildman–Crippen MR) is 77.4 cm³/mol. The van der Waals surface area contributed by atoms with Gasteiger partial charge in [-0.15, -0.1) is 0 Å². The summed E-state index contributed by atoms with van der Waals surface area (Å²) < 4.78 is 0. The molecule has 0 unspecified atom stereocenters. The molecule has 21 heavy (non-hydrogen) atoms. The zero-order chi connectivity index (χ0) is 15.4. The summed E-state index contributed by atoms with van der Waals surface area (Å²) in [7, 11) is 0. The van der Waals surface area contributed by atoms with Crippen LogP contribution >= 0.6 is 0 Å². The Bertz CT molecular complexity index is 549. The lowest BCUT2D eigenvalue weighted by Crippen LogP contribution is -2.42. The van der Waals surface area contributed by atoms with Gasteiger partial charge in [-0.05, 0) is 38.3 Å². The molecule has 0 spiro atoms. The SMILES string of the molecule is CCc1cc(=O)[nH]c(CN2CCC([C@H](O)C(N)=O)CC2)n1. The fraction of sp³-hybridized carbons (Fsp3) is 0.643. The number of amides is 1. The molecular formula is C14H22N4O3. The van der Waals surface area contributed by atoms with E-state index >= 15 is 0 Å². The molecule has 2 heterocycles. The lowest BCUT2D eigenvalue weighted by molar-refractivity contribution is -0.129. The lowest BCUT2D eigenvalue weighted by Gasteiger charge is -2.32. The maximum atomic E-state index is 11.5. The minimum absolute atomic E-state index is 0.0762. The predicted octanol–water partition coefficient (Wildman–Crippen LogP) is -0.609. The highest BCUT2D eigenvalue weighted by molar-refractivity contribution is 5.78. The van der Waals surface area contributed by atoms with E-state index in [0.29, 0.717) is 25.2 Å². The number of rotatable bonds is 5. The van der Waals surface area contributed by atoms with Crippen molar-refractivity contribution >= 4 is 5.91 Å². The molecule has 7 heteroatoms. The van der Waals surface area contributed by atoms with Gasteiger partial charge in [-0.2, -0.15) is 0 Å². The first-order valence-electron chi connectivity index (χ1n) is 7.28. The first-order chi connectivity index (χ1) is 9.99. The van der Waals surface area contributed by atoms with Crippen molar-refractivity contribution < 1.29 is 9.90 Å². The van der Waals surface area contributed by atoms with Gasteiger partial charge in [0.1, 0.15) is 11.9 Å². The molecule has 1 fully saturated rings. The number of aromatic nitrogens is 2. The fourth-order valence-electron chi connectivity index (χ4n) is 2.69. The van der Waals surface area contributed by atoms with Crippen molar-refractivity contribution in [3.63, 3.8) is 0 Å². The number of nitrogens with one attached hydrogen (secondary N) is 1. The Labute approximate surface area is 123 Å². The molecular weight excluding hydrogens is 272 g/mol. The maximum absolute atomic E-state index is 11.5. The Hall–Kier alpha value is -1.73. The van der Waals surface area contributed by atoms with Crippen LogP contribution in [0.15, 0.2) is 10.9 Å². The summed E-state index contributed by atoms with van der Waals surface area (Å²) in [6, 6.07) is 1.51. The monoisotopic (exact) mass is 294 g/mol. The normalized spacial score (nSPS) is 18.6. The van der Waals surface area contributed by atoms with Crippen molar-refractivity contribution in [2.75, 3.05) is 13.1 Å². The number of aliphatic hydroxyl groups is 1. The second-order valence-corrected chi connectivity index (χ2v) is 5.50. The summed E-state index contributed by atoms with van der Waals surface area (Å²) in [5.74, 6) is -0.0731. The van der Waals surface area contributed by atoms with Crippen LogP contribution < -0.4 is 11.3 Å². The van der Waals surface area contributed by atoms with Gasteiger partial charge in [0.2, 0.25) is 5.91 Å². The summed E-state index contributed by atoms with van der Waals surface area (Å²) in [6.45, 7) is 4.02. The molecule has 4 N–H and O–H groups in total. The van der Waals surface area contributed by atoms with Crippen molar-refractivity contribution in [2.45, 2.75) is 38.8 Å². The van der Waals surface area contributed by atoms with Crippen molar-refractivity contribution in [1.82, 2.24) is 14.9 Å². The third kappa shape index (κ3) is 4.12. The number of nitrogens with two attached hydrogens (primary N) is 1. The number of aryl methyl sites for hydroxylation is 1. The van der Waals surface area contributed by atoms with Gasteiger partial charge in [0.25, 0.3) is 5.56 Å². The summed E-state index contributed by atoms with van der Waals surface area (Å²) in [4.78, 5) is 31.8. The molecule has 7 nitrogen and oxygen atoms in total. The largest absolute Gasteiger partial charge is 0.383 e. The topological polar surface area (TPSA) is 112 Å². The minimum atomic E-state index is -1.06. The molecule has 1 amide bonds. The van der Waals surface area contributed by atoms with Crippen LogP contribution in [-0.2, 0) is 17.8 Å². The van der Waals surface area contributed by atoms with Gasteiger partial charge in [0, 0.05) is 11.8 Å². The molecule has 1 aliphatic rings. The minimum Gasteiger partial charge on any atom is -0.383 e. The number of likely N-dealkylation sites (tertiary alicyclic amines) is 1. The summed E-state index contributed by atoms with van der Waals surface area (Å²) in [6.07, 6.45) is 1.08. The molecule has 1 aliphatic heterocycles. The van der Waals surface area contributed by atoms with E-state index in [1.165, 1.54) is 6.07 Å². The maximum Gasteiger partial charge on any atom is 0.251 e. The van der Waals surface area contributed by atoms with E-state index in [4.69, 9.17) is 5.73 Å². The highest BCUT2D eigenvalue weighted by Crippen LogP contribution is 2.21. The van der Waals surface area contributed by atoms with Crippen LogP contribution in [0.25, 0.3) is 0 Å². The third-order valence-corrected chi connectivity index (χ3v) is 3.95. The van der Waals surface area contributed by atoms with Crippen molar-refractivity contribution in [1.29, 1.82) is 0 Å². The average Bonchev–Trinajstić information content (AvgIpc) is 2.46. The highest BCUT2D eigenvalue weighted by Gasteiger charge is 2.28. The molecule has 116 valence electrons. The Morgan fingerprint density at radius 2 is 2.24 bits per heavy atom. The summed E-state index contributed by atoms with van der Waals surface area (Å²) >= 11 is 0. The van der Waals surface area contributed by atoms with E-state index in [9.17, 15) is 14.7 Å². The van der Waals surface area contributed by atoms with E-state index in [0.717, 1.165) is 25.2 Å². The van der Waals surface area contributed by atoms with Gasteiger partial charge in [0.05, 0.1) is 6.54 Å². The first kappa shape index (κ1) is 15.7. The van der Waals surface area contributed by atoms with Gasteiger partial charge in [-0.1, -0.05) is 6.92 Å². The van der Waals surface area contributed by atoms with E-state index in [2.05, 4.69) is 14.9 Å². The Morgan fingerprint density at radius 1 is 1.57 bits per heavy atom. The van der Waals surface area contributed by atoms with Crippen LogP contribution in [0, 0.1) is 5.92 Å². The van der Waals surface area contributed by atoms with Crippen molar-refractivity contribution in [3.05, 3.63) is 27.9 Å². The van der Waals surface area contributed by atoms with E-state index in [-0.39, 0.29) is 11.5 Å². The second-order valence-electron chi connectivity index (χ2n) is 5.50. The smallest absolute Gasteiger partial charge is 0.251 e. The van der Waals surface area contributed by atoms with Gasteiger partial charge in [-0.3, -0.25) is 14.5 Å². The second kappa shape index (κ2) is 6.82. The van der Waals surface area contributed by atoms with E-state index in [1.54, 1.807) is 0 Å². The van der Waals surface area contributed by atoms with Crippen LogP contribution in [0.4, 0.5) is 0 Å². The van der Waals surface area contributed by atoms with Crippen LogP contribution in [0.5, 0.6) is 0 Å². The first-order valence-corrected chi connectivity index (χ1v) is 7.28. The molecule has 2 rings (SSSR count). The number of nitrogens with zero attached hydrogens (tertiary/aromatic N) is 2. The molecule has 1 aromatic rings. The number of primary amides is 1. The summed E-state index contributed by atoms with van der Waals surface area (Å²) in [5, 5.41) is 9.68. The summed E-state index contributed by atoms with van der Waals surface area (Å²) in [5.41, 5.74) is 5.78. The molecule has 0 radical (unpaired) electrons. The molecule has 0 saturated carbocycles. The van der Waals surface area contributed by atoms with Crippen LogP contribution in [0.3, 0.4) is 0 Å². The molecule has 0 bridgehead atoms. The standard InChI is InChI=1S/C14H22N4O3/c1-2-10-7-12(19)17-11(16-10)8-18-5-3-9(4-6-18)13(20)14(15)21/h7,9,13,20H,2-6,8H2,1H3,(H2,15,21)(H,16,17,19)/t13-/m0/s1. The van der Waals surface area contributed by atoms with Gasteiger partial charge >= 0.3 is 0 Å². The Balaban J connectivity index is 1.93. The zero-order valence-corrected chi connectivity index (χ0v) is 12.2. The third-order valence-electron chi connectivity index (χ3n) is 3.95. The van der Waals surface area contributed by atoms with Crippen LogP contribution in [-0.4, -0.2) is 45.1 Å². The highest BCUT2D eigenvalue weighted by atomic mass is 16.3.